The molecule has 29 heavy (non-hydrogen) atoms. The summed E-state index contributed by atoms with van der Waals surface area (Å²) < 4.78 is 6.63. The Kier molecular flexibility index (Phi) is 7.16. The lowest BCUT2D eigenvalue weighted by Gasteiger charge is -2.09. The number of hydrogen-bond donors (Lipinski definition) is 1. The molecule has 1 heterocycles. The van der Waals surface area contributed by atoms with Gasteiger partial charge in [0.2, 0.25) is 5.91 Å². The quantitative estimate of drug-likeness (QED) is 0.569. The first-order valence-electron chi connectivity index (χ1n) is 9.77. The number of benzene rings is 2. The van der Waals surface area contributed by atoms with E-state index in [4.69, 9.17) is 4.74 Å². The van der Waals surface area contributed by atoms with Crippen molar-refractivity contribution in [1.29, 1.82) is 0 Å². The van der Waals surface area contributed by atoms with E-state index in [1.165, 1.54) is 16.3 Å². The summed E-state index contributed by atoms with van der Waals surface area (Å²) in [6.07, 6.45) is 1.73. The molecule has 0 aliphatic heterocycles. The van der Waals surface area contributed by atoms with E-state index in [1.807, 2.05) is 49.4 Å². The number of hydrogen-bond acceptors (Lipinski definition) is 4. The standard InChI is InChI=1S/C23H25N3O3/c1-2-29-20-12-10-19(11-13-20)21-14-15-23(28)26(25-21)17-22(27)24-16-6-9-18-7-4-3-5-8-18/h3-5,7-8,10-15H,2,6,9,16-17H2,1H3,(H,24,27). The summed E-state index contributed by atoms with van der Waals surface area (Å²) in [5.41, 5.74) is 2.41. The van der Waals surface area contributed by atoms with Gasteiger partial charge in [0.05, 0.1) is 12.3 Å². The summed E-state index contributed by atoms with van der Waals surface area (Å²) in [5, 5.41) is 7.19. The lowest BCUT2D eigenvalue weighted by atomic mass is 10.1. The van der Waals surface area contributed by atoms with Crippen molar-refractivity contribution in [2.24, 2.45) is 0 Å². The highest BCUT2D eigenvalue weighted by Gasteiger charge is 2.08. The summed E-state index contributed by atoms with van der Waals surface area (Å²) in [4.78, 5) is 24.3. The van der Waals surface area contributed by atoms with Crippen LogP contribution in [-0.4, -0.2) is 28.8 Å². The molecule has 1 N–H and O–H groups in total. The zero-order valence-electron chi connectivity index (χ0n) is 16.5. The number of rotatable bonds is 9. The molecule has 1 aromatic heterocycles. The highest BCUT2D eigenvalue weighted by atomic mass is 16.5. The van der Waals surface area contributed by atoms with Gasteiger partial charge in [-0.1, -0.05) is 30.3 Å². The fourth-order valence-corrected chi connectivity index (χ4v) is 2.96. The minimum Gasteiger partial charge on any atom is -0.494 e. The third-order valence-electron chi connectivity index (χ3n) is 4.43. The molecule has 0 unspecified atom stereocenters. The Bertz CT molecular complexity index is 982. The molecule has 0 atom stereocenters. The van der Waals surface area contributed by atoms with Crippen molar-refractivity contribution in [3.05, 3.63) is 82.6 Å². The number of carbonyl (C=O) groups excluding carboxylic acids is 1. The Morgan fingerprint density at radius 3 is 2.52 bits per heavy atom. The molecule has 0 aliphatic rings. The Balaban J connectivity index is 1.56. The summed E-state index contributed by atoms with van der Waals surface area (Å²) in [7, 11) is 0. The van der Waals surface area contributed by atoms with E-state index in [2.05, 4.69) is 22.5 Å². The predicted octanol–water partition coefficient (Wildman–Crippen LogP) is 3.06. The van der Waals surface area contributed by atoms with Gasteiger partial charge >= 0.3 is 0 Å². The van der Waals surface area contributed by atoms with Crippen LogP contribution in [0.15, 0.2) is 71.5 Å². The van der Waals surface area contributed by atoms with E-state index in [9.17, 15) is 9.59 Å². The molecule has 1 amide bonds. The first-order chi connectivity index (χ1) is 14.2. The van der Waals surface area contributed by atoms with Gasteiger partial charge in [-0.05, 0) is 55.7 Å². The second kappa shape index (κ2) is 10.2. The largest absolute Gasteiger partial charge is 0.494 e. The minimum atomic E-state index is -0.306. The van der Waals surface area contributed by atoms with Crippen molar-refractivity contribution >= 4 is 5.91 Å². The zero-order chi connectivity index (χ0) is 20.5. The van der Waals surface area contributed by atoms with E-state index in [0.717, 1.165) is 24.2 Å². The van der Waals surface area contributed by atoms with E-state index < -0.39 is 0 Å². The molecule has 3 rings (SSSR count). The van der Waals surface area contributed by atoms with Crippen molar-refractivity contribution < 1.29 is 9.53 Å². The van der Waals surface area contributed by atoms with Gasteiger partial charge in [-0.25, -0.2) is 4.68 Å². The van der Waals surface area contributed by atoms with E-state index in [0.29, 0.717) is 18.8 Å². The van der Waals surface area contributed by atoms with Crippen molar-refractivity contribution in [1.82, 2.24) is 15.1 Å². The minimum absolute atomic E-state index is 0.102. The number of aryl methyl sites for hydroxylation is 1. The Hall–Kier alpha value is -3.41. The molecule has 3 aromatic rings. The average Bonchev–Trinajstić information content (AvgIpc) is 2.74. The van der Waals surface area contributed by atoms with Gasteiger partial charge in [0.25, 0.3) is 5.56 Å². The van der Waals surface area contributed by atoms with Crippen LogP contribution in [0.1, 0.15) is 18.9 Å². The SMILES string of the molecule is CCOc1ccc(-c2ccc(=O)n(CC(=O)NCCCc3ccccc3)n2)cc1. The molecule has 0 saturated heterocycles. The maximum absolute atomic E-state index is 12.2. The number of nitrogens with one attached hydrogen (secondary N) is 1. The predicted molar refractivity (Wildman–Crippen MR) is 113 cm³/mol. The monoisotopic (exact) mass is 391 g/mol. The van der Waals surface area contributed by atoms with Crippen molar-refractivity contribution in [3.63, 3.8) is 0 Å². The first kappa shape index (κ1) is 20.3. The molecule has 150 valence electrons. The molecule has 0 bridgehead atoms. The van der Waals surface area contributed by atoms with Gasteiger partial charge in [0.15, 0.2) is 0 Å². The number of ether oxygens (including phenoxy) is 1. The molecule has 0 radical (unpaired) electrons. The van der Waals surface area contributed by atoms with Gasteiger partial charge < -0.3 is 10.1 Å². The highest BCUT2D eigenvalue weighted by molar-refractivity contribution is 5.75. The van der Waals surface area contributed by atoms with E-state index >= 15 is 0 Å². The fourth-order valence-electron chi connectivity index (χ4n) is 2.96. The molecule has 2 aromatic carbocycles. The van der Waals surface area contributed by atoms with Crippen LogP contribution in [0.3, 0.4) is 0 Å². The van der Waals surface area contributed by atoms with E-state index in [1.54, 1.807) is 6.07 Å². The van der Waals surface area contributed by atoms with Crippen LogP contribution in [-0.2, 0) is 17.8 Å². The number of carbonyl (C=O) groups is 1. The smallest absolute Gasteiger partial charge is 0.267 e. The number of aromatic nitrogens is 2. The van der Waals surface area contributed by atoms with Crippen LogP contribution in [0.4, 0.5) is 0 Å². The van der Waals surface area contributed by atoms with Crippen LogP contribution < -0.4 is 15.6 Å². The number of amides is 1. The van der Waals surface area contributed by atoms with Gasteiger partial charge in [0.1, 0.15) is 12.3 Å². The molecular formula is C23H25N3O3. The normalized spacial score (nSPS) is 10.5. The fraction of sp³-hybridized carbons (Fsp3) is 0.261. The highest BCUT2D eigenvalue weighted by Crippen LogP contribution is 2.19. The lowest BCUT2D eigenvalue weighted by Crippen LogP contribution is -2.34. The summed E-state index contributed by atoms with van der Waals surface area (Å²) in [6, 6.07) is 20.7. The van der Waals surface area contributed by atoms with Gasteiger partial charge in [0, 0.05) is 18.2 Å². The third-order valence-corrected chi connectivity index (χ3v) is 4.43. The van der Waals surface area contributed by atoms with Crippen molar-refractivity contribution in [3.8, 4) is 17.0 Å². The summed E-state index contributed by atoms with van der Waals surface area (Å²) >= 11 is 0. The maximum Gasteiger partial charge on any atom is 0.267 e. The molecular weight excluding hydrogens is 366 g/mol. The number of nitrogens with zero attached hydrogens (tertiary/aromatic N) is 2. The van der Waals surface area contributed by atoms with Crippen LogP contribution in [0.25, 0.3) is 11.3 Å². The molecule has 0 aliphatic carbocycles. The zero-order valence-corrected chi connectivity index (χ0v) is 16.5. The molecule has 0 saturated carbocycles. The van der Waals surface area contributed by atoms with Gasteiger partial charge in [-0.2, -0.15) is 5.10 Å². The molecule has 6 heteroatoms. The lowest BCUT2D eigenvalue weighted by molar-refractivity contribution is -0.121. The van der Waals surface area contributed by atoms with Crippen molar-refractivity contribution in [2.75, 3.05) is 13.2 Å². The second-order valence-corrected chi connectivity index (χ2v) is 6.61. The van der Waals surface area contributed by atoms with Crippen molar-refractivity contribution in [2.45, 2.75) is 26.3 Å². The maximum atomic E-state index is 12.2. The van der Waals surface area contributed by atoms with Crippen LogP contribution in [0, 0.1) is 0 Å². The summed E-state index contributed by atoms with van der Waals surface area (Å²) in [5.74, 6) is 0.552. The Morgan fingerprint density at radius 2 is 1.79 bits per heavy atom. The molecule has 6 nitrogen and oxygen atoms in total. The van der Waals surface area contributed by atoms with E-state index in [-0.39, 0.29) is 18.0 Å². The first-order valence-corrected chi connectivity index (χ1v) is 9.77. The topological polar surface area (TPSA) is 73.2 Å². The van der Waals surface area contributed by atoms with Gasteiger partial charge in [-0.3, -0.25) is 9.59 Å². The van der Waals surface area contributed by atoms with Crippen LogP contribution in [0.2, 0.25) is 0 Å². The Labute approximate surface area is 170 Å². The van der Waals surface area contributed by atoms with Gasteiger partial charge in [-0.15, -0.1) is 0 Å². The summed E-state index contributed by atoms with van der Waals surface area (Å²) in [6.45, 7) is 2.98. The second-order valence-electron chi connectivity index (χ2n) is 6.61. The molecule has 0 fully saturated rings. The third kappa shape index (κ3) is 6.04. The average molecular weight is 391 g/mol. The molecule has 0 spiro atoms. The Morgan fingerprint density at radius 1 is 1.03 bits per heavy atom. The van der Waals surface area contributed by atoms with Crippen LogP contribution in [0.5, 0.6) is 5.75 Å². The van der Waals surface area contributed by atoms with Crippen LogP contribution >= 0.6 is 0 Å².